The normalized spacial score (nSPS) is 10.8. The standard InChI is InChI=1S/C45H40O7/c1-47-42-28-41(51-31-36-19-11-5-12-20-36)43(45(48-2)44(42)52-32-37-21-13-6-14-22-37)38(46)25-23-33-24-26-39(49-29-34-15-7-3-8-16-34)40(27-33)50-30-35-17-9-4-10-18-35/h3-28H,29-32H2,1-2H3/b25-23+. The lowest BCUT2D eigenvalue weighted by Crippen LogP contribution is -2.09. The average molecular weight is 693 g/mol. The molecule has 0 N–H and O–H groups in total. The number of hydrogen-bond donors (Lipinski definition) is 0. The molecule has 0 aliphatic rings. The van der Waals surface area contributed by atoms with Gasteiger partial charge in [0.25, 0.3) is 0 Å². The van der Waals surface area contributed by atoms with Crippen LogP contribution in [-0.2, 0) is 26.4 Å². The third-order valence-electron chi connectivity index (χ3n) is 8.17. The Hall–Kier alpha value is -6.47. The highest BCUT2D eigenvalue weighted by atomic mass is 16.5. The first-order valence-electron chi connectivity index (χ1n) is 16.9. The molecule has 262 valence electrons. The lowest BCUT2D eigenvalue weighted by Gasteiger charge is -2.20. The second-order valence-corrected chi connectivity index (χ2v) is 11.8. The van der Waals surface area contributed by atoms with Crippen LogP contribution in [0.3, 0.4) is 0 Å². The van der Waals surface area contributed by atoms with Crippen molar-refractivity contribution in [2.75, 3.05) is 14.2 Å². The van der Waals surface area contributed by atoms with E-state index in [0.29, 0.717) is 42.0 Å². The van der Waals surface area contributed by atoms with E-state index < -0.39 is 0 Å². The monoisotopic (exact) mass is 692 g/mol. The Balaban J connectivity index is 1.31. The number of hydrogen-bond acceptors (Lipinski definition) is 7. The molecule has 7 heteroatoms. The molecule has 6 rings (SSSR count). The van der Waals surface area contributed by atoms with Gasteiger partial charge in [0.05, 0.1) is 14.2 Å². The molecule has 0 aliphatic heterocycles. The lowest BCUT2D eigenvalue weighted by molar-refractivity contribution is 0.103. The van der Waals surface area contributed by atoms with E-state index >= 15 is 0 Å². The van der Waals surface area contributed by atoms with Crippen LogP contribution in [0.2, 0.25) is 0 Å². The minimum absolute atomic E-state index is 0.210. The molecule has 0 saturated carbocycles. The fourth-order valence-corrected chi connectivity index (χ4v) is 5.48. The van der Waals surface area contributed by atoms with Crippen LogP contribution in [0.4, 0.5) is 0 Å². The highest BCUT2D eigenvalue weighted by molar-refractivity contribution is 6.11. The van der Waals surface area contributed by atoms with Crippen LogP contribution >= 0.6 is 0 Å². The van der Waals surface area contributed by atoms with Gasteiger partial charge in [0.1, 0.15) is 37.7 Å². The molecule has 0 saturated heterocycles. The minimum Gasteiger partial charge on any atom is -0.493 e. The van der Waals surface area contributed by atoms with Gasteiger partial charge in [-0.05, 0) is 46.0 Å². The Kier molecular flexibility index (Phi) is 12.2. The molecule has 0 bridgehead atoms. The zero-order chi connectivity index (χ0) is 36.0. The summed E-state index contributed by atoms with van der Waals surface area (Å²) >= 11 is 0. The first-order chi connectivity index (χ1) is 25.6. The largest absolute Gasteiger partial charge is 0.493 e. The fraction of sp³-hybridized carbons (Fsp3) is 0.133. The van der Waals surface area contributed by atoms with Crippen molar-refractivity contribution in [3.8, 4) is 34.5 Å². The van der Waals surface area contributed by atoms with Gasteiger partial charge in [0, 0.05) is 6.07 Å². The van der Waals surface area contributed by atoms with Crippen molar-refractivity contribution >= 4 is 11.9 Å². The molecule has 6 aromatic rings. The van der Waals surface area contributed by atoms with Gasteiger partial charge in [-0.15, -0.1) is 0 Å². The summed E-state index contributed by atoms with van der Waals surface area (Å²) in [7, 11) is 3.04. The summed E-state index contributed by atoms with van der Waals surface area (Å²) in [5, 5.41) is 0. The minimum atomic E-state index is -0.344. The smallest absolute Gasteiger partial charge is 0.204 e. The van der Waals surface area contributed by atoms with Gasteiger partial charge in [-0.3, -0.25) is 4.79 Å². The number of ketones is 1. The van der Waals surface area contributed by atoms with E-state index in [1.807, 2.05) is 140 Å². The molecule has 0 atom stereocenters. The SMILES string of the molecule is COc1cc(OCc2ccccc2)c(C(=O)/C=C/c2ccc(OCc3ccccc3)c(OCc3ccccc3)c2)c(OC)c1OCc1ccccc1. The van der Waals surface area contributed by atoms with E-state index in [-0.39, 0.29) is 30.3 Å². The van der Waals surface area contributed by atoms with E-state index in [0.717, 1.165) is 27.8 Å². The van der Waals surface area contributed by atoms with Crippen LogP contribution in [0.1, 0.15) is 38.2 Å². The highest BCUT2D eigenvalue weighted by Gasteiger charge is 2.26. The molecule has 0 aromatic heterocycles. The van der Waals surface area contributed by atoms with Crippen molar-refractivity contribution in [3.05, 3.63) is 185 Å². The Bertz CT molecular complexity index is 2060. The van der Waals surface area contributed by atoms with Gasteiger partial charge in [0.15, 0.2) is 28.8 Å². The third-order valence-corrected chi connectivity index (χ3v) is 8.17. The topological polar surface area (TPSA) is 72.5 Å². The maximum absolute atomic E-state index is 14.2. The van der Waals surface area contributed by atoms with Crippen molar-refractivity contribution in [2.45, 2.75) is 26.4 Å². The summed E-state index contributed by atoms with van der Waals surface area (Å²) in [5.74, 6) is 2.00. The fourth-order valence-electron chi connectivity index (χ4n) is 5.48. The zero-order valence-electron chi connectivity index (χ0n) is 29.2. The van der Waals surface area contributed by atoms with Crippen LogP contribution in [-0.4, -0.2) is 20.0 Å². The molecule has 52 heavy (non-hydrogen) atoms. The number of allylic oxidation sites excluding steroid dienone is 1. The van der Waals surface area contributed by atoms with Gasteiger partial charge < -0.3 is 28.4 Å². The molecule has 0 fully saturated rings. The van der Waals surface area contributed by atoms with Crippen LogP contribution in [0.15, 0.2) is 152 Å². The summed E-state index contributed by atoms with van der Waals surface area (Å²) in [5.41, 5.74) is 4.90. The average Bonchev–Trinajstić information content (AvgIpc) is 3.21. The van der Waals surface area contributed by atoms with Crippen molar-refractivity contribution < 1.29 is 33.2 Å². The first kappa shape index (κ1) is 35.4. The predicted molar refractivity (Wildman–Crippen MR) is 202 cm³/mol. The molecule has 0 radical (unpaired) electrons. The summed E-state index contributed by atoms with van der Waals surface area (Å²) < 4.78 is 36.5. The van der Waals surface area contributed by atoms with E-state index in [9.17, 15) is 4.79 Å². The van der Waals surface area contributed by atoms with Crippen molar-refractivity contribution in [1.82, 2.24) is 0 Å². The molecule has 0 spiro atoms. The molecule has 0 heterocycles. The first-order valence-corrected chi connectivity index (χ1v) is 16.9. The molecule has 6 aromatic carbocycles. The van der Waals surface area contributed by atoms with E-state index in [1.54, 1.807) is 12.1 Å². The Morgan fingerprint density at radius 1 is 0.462 bits per heavy atom. The van der Waals surface area contributed by atoms with E-state index in [4.69, 9.17) is 28.4 Å². The van der Waals surface area contributed by atoms with Gasteiger partial charge in [-0.2, -0.15) is 0 Å². The summed E-state index contributed by atoms with van der Waals surface area (Å²) in [6.45, 7) is 1.21. The maximum Gasteiger partial charge on any atom is 0.204 e. The van der Waals surface area contributed by atoms with Crippen molar-refractivity contribution in [1.29, 1.82) is 0 Å². The summed E-state index contributed by atoms with van der Waals surface area (Å²) in [4.78, 5) is 14.2. The molecular formula is C45H40O7. The van der Waals surface area contributed by atoms with E-state index in [2.05, 4.69) is 0 Å². The Morgan fingerprint density at radius 3 is 1.40 bits per heavy atom. The Labute approximate surface area is 304 Å². The van der Waals surface area contributed by atoms with Crippen molar-refractivity contribution in [3.63, 3.8) is 0 Å². The molecular weight excluding hydrogens is 652 g/mol. The third kappa shape index (κ3) is 9.40. The zero-order valence-corrected chi connectivity index (χ0v) is 29.2. The van der Waals surface area contributed by atoms with Gasteiger partial charge in [-0.25, -0.2) is 0 Å². The number of benzene rings is 6. The molecule has 0 unspecified atom stereocenters. The molecule has 7 nitrogen and oxygen atoms in total. The second-order valence-electron chi connectivity index (χ2n) is 11.8. The van der Waals surface area contributed by atoms with Crippen LogP contribution in [0, 0.1) is 0 Å². The number of methoxy groups -OCH3 is 2. The lowest BCUT2D eigenvalue weighted by atomic mass is 10.0. The van der Waals surface area contributed by atoms with Gasteiger partial charge in [0.2, 0.25) is 5.75 Å². The number of ether oxygens (including phenoxy) is 6. The second kappa shape index (κ2) is 18.0. The quantitative estimate of drug-likeness (QED) is 0.0696. The Morgan fingerprint density at radius 2 is 0.923 bits per heavy atom. The number of carbonyl (C=O) groups is 1. The van der Waals surface area contributed by atoms with Gasteiger partial charge in [-0.1, -0.05) is 133 Å². The maximum atomic E-state index is 14.2. The van der Waals surface area contributed by atoms with Crippen molar-refractivity contribution in [2.24, 2.45) is 0 Å². The molecule has 0 amide bonds. The van der Waals surface area contributed by atoms with Crippen LogP contribution in [0.25, 0.3) is 6.08 Å². The van der Waals surface area contributed by atoms with Crippen LogP contribution < -0.4 is 28.4 Å². The predicted octanol–water partition coefficient (Wildman–Crippen LogP) is 9.92. The number of rotatable bonds is 17. The highest BCUT2D eigenvalue weighted by Crippen LogP contribution is 2.46. The van der Waals surface area contributed by atoms with Gasteiger partial charge >= 0.3 is 0 Å². The molecule has 0 aliphatic carbocycles. The van der Waals surface area contributed by atoms with E-state index in [1.165, 1.54) is 20.3 Å². The summed E-state index contributed by atoms with van der Waals surface area (Å²) in [6, 6.07) is 46.6. The summed E-state index contributed by atoms with van der Waals surface area (Å²) in [6.07, 6.45) is 3.22. The van der Waals surface area contributed by atoms with Crippen LogP contribution in [0.5, 0.6) is 34.5 Å². The number of carbonyl (C=O) groups excluding carboxylic acids is 1.